The predicted octanol–water partition coefficient (Wildman–Crippen LogP) is -0.277. The summed E-state index contributed by atoms with van der Waals surface area (Å²) in [7, 11) is 1.79. The molecule has 0 aliphatic carbocycles. The zero-order valence-corrected chi connectivity index (χ0v) is 12.2. The van der Waals surface area contributed by atoms with Crippen molar-refractivity contribution >= 4 is 5.91 Å². The number of nitrogens with one attached hydrogen (secondary N) is 1. The van der Waals surface area contributed by atoms with Crippen molar-refractivity contribution in [2.45, 2.75) is 26.3 Å². The van der Waals surface area contributed by atoms with Gasteiger partial charge in [-0.2, -0.15) is 0 Å². The number of hydrogen-bond acceptors (Lipinski definition) is 4. The molecule has 0 radical (unpaired) electrons. The Kier molecular flexibility index (Phi) is 5.56. The van der Waals surface area contributed by atoms with Crippen LogP contribution in [-0.4, -0.2) is 67.6 Å². The van der Waals surface area contributed by atoms with Crippen molar-refractivity contribution in [1.29, 1.82) is 0 Å². The molecule has 0 aromatic heterocycles. The summed E-state index contributed by atoms with van der Waals surface area (Å²) in [6.07, 6.45) is 0. The summed E-state index contributed by atoms with van der Waals surface area (Å²) in [4.78, 5) is 16.3. The fourth-order valence-electron chi connectivity index (χ4n) is 2.37. The number of nitrogens with two attached hydrogens (primary N) is 1. The minimum absolute atomic E-state index is 0.283. The summed E-state index contributed by atoms with van der Waals surface area (Å²) in [6, 6.07) is 0. The van der Waals surface area contributed by atoms with Gasteiger partial charge in [0.05, 0.1) is 0 Å². The summed E-state index contributed by atoms with van der Waals surface area (Å²) in [6.45, 7) is 12.4. The minimum atomic E-state index is -0.625. The summed E-state index contributed by atoms with van der Waals surface area (Å²) in [5, 5.41) is 3.04. The van der Waals surface area contributed by atoms with Crippen LogP contribution < -0.4 is 11.1 Å². The molecule has 1 aliphatic heterocycles. The van der Waals surface area contributed by atoms with Gasteiger partial charge in [-0.05, 0) is 19.9 Å². The average molecular weight is 256 g/mol. The third kappa shape index (κ3) is 4.23. The van der Waals surface area contributed by atoms with Gasteiger partial charge in [0, 0.05) is 39.3 Å². The number of piperazine rings is 1. The lowest BCUT2D eigenvalue weighted by molar-refractivity contribution is -0.124. The first-order valence-corrected chi connectivity index (χ1v) is 6.81. The molecule has 1 unspecified atom stereocenters. The Balaban J connectivity index is 2.41. The van der Waals surface area contributed by atoms with Crippen LogP contribution in [0.4, 0.5) is 0 Å². The maximum atomic E-state index is 11.5. The summed E-state index contributed by atoms with van der Waals surface area (Å²) < 4.78 is 0. The Bertz CT molecular complexity index is 274. The van der Waals surface area contributed by atoms with Crippen LogP contribution in [-0.2, 0) is 4.79 Å². The van der Waals surface area contributed by atoms with E-state index in [0.717, 1.165) is 32.7 Å². The molecule has 0 aromatic rings. The van der Waals surface area contributed by atoms with Gasteiger partial charge in [0.15, 0.2) is 0 Å². The van der Waals surface area contributed by atoms with E-state index in [4.69, 9.17) is 5.73 Å². The maximum absolute atomic E-state index is 11.5. The molecular weight excluding hydrogens is 228 g/mol. The van der Waals surface area contributed by atoms with E-state index in [1.54, 1.807) is 7.05 Å². The fraction of sp³-hybridized carbons (Fsp3) is 0.923. The molecule has 1 fully saturated rings. The van der Waals surface area contributed by atoms with Crippen molar-refractivity contribution in [3.05, 3.63) is 0 Å². The number of nitrogens with zero attached hydrogens (tertiary/aromatic N) is 2. The van der Waals surface area contributed by atoms with Crippen molar-refractivity contribution in [3.8, 4) is 0 Å². The molecule has 1 rings (SSSR count). The highest BCUT2D eigenvalue weighted by Crippen LogP contribution is 2.10. The van der Waals surface area contributed by atoms with Crippen LogP contribution in [0.5, 0.6) is 0 Å². The van der Waals surface area contributed by atoms with E-state index < -0.39 is 5.54 Å². The van der Waals surface area contributed by atoms with Crippen molar-refractivity contribution in [3.63, 3.8) is 0 Å². The normalized spacial score (nSPS) is 22.1. The van der Waals surface area contributed by atoms with Gasteiger partial charge in [-0.15, -0.1) is 0 Å². The van der Waals surface area contributed by atoms with Crippen LogP contribution in [0.3, 0.4) is 0 Å². The molecule has 5 heteroatoms. The Hall–Kier alpha value is -0.650. The van der Waals surface area contributed by atoms with Crippen LogP contribution in [0.25, 0.3) is 0 Å². The molecule has 0 saturated carbocycles. The molecule has 1 amide bonds. The molecule has 0 spiro atoms. The van der Waals surface area contributed by atoms with E-state index in [2.05, 4.69) is 29.0 Å². The zero-order valence-electron chi connectivity index (χ0n) is 12.2. The van der Waals surface area contributed by atoms with Gasteiger partial charge in [0.1, 0.15) is 5.54 Å². The van der Waals surface area contributed by atoms with Crippen molar-refractivity contribution in [2.75, 3.05) is 46.3 Å². The fourth-order valence-corrected chi connectivity index (χ4v) is 2.37. The first-order valence-electron chi connectivity index (χ1n) is 6.81. The van der Waals surface area contributed by atoms with Crippen molar-refractivity contribution in [1.82, 2.24) is 15.1 Å². The number of primary amides is 1. The van der Waals surface area contributed by atoms with E-state index in [9.17, 15) is 4.79 Å². The SMILES string of the molecule is CNC(C)(CN1CCN(CC(C)C)CC1)C(N)=O. The van der Waals surface area contributed by atoms with Gasteiger partial charge >= 0.3 is 0 Å². The van der Waals surface area contributed by atoms with E-state index in [1.807, 2.05) is 6.92 Å². The molecule has 106 valence electrons. The monoisotopic (exact) mass is 256 g/mol. The van der Waals surface area contributed by atoms with Gasteiger partial charge in [0.2, 0.25) is 5.91 Å². The van der Waals surface area contributed by atoms with E-state index in [-0.39, 0.29) is 5.91 Å². The number of amides is 1. The summed E-state index contributed by atoms with van der Waals surface area (Å²) >= 11 is 0. The Morgan fingerprint density at radius 1 is 1.28 bits per heavy atom. The zero-order chi connectivity index (χ0) is 13.8. The Labute approximate surface area is 111 Å². The minimum Gasteiger partial charge on any atom is -0.368 e. The highest BCUT2D eigenvalue weighted by atomic mass is 16.1. The Morgan fingerprint density at radius 2 is 1.78 bits per heavy atom. The molecule has 1 atom stereocenters. The van der Waals surface area contributed by atoms with Gasteiger partial charge in [0.25, 0.3) is 0 Å². The van der Waals surface area contributed by atoms with Gasteiger partial charge < -0.3 is 16.0 Å². The number of carbonyl (C=O) groups is 1. The van der Waals surface area contributed by atoms with E-state index >= 15 is 0 Å². The molecule has 1 heterocycles. The van der Waals surface area contributed by atoms with Crippen LogP contribution >= 0.6 is 0 Å². The van der Waals surface area contributed by atoms with Crippen LogP contribution in [0.2, 0.25) is 0 Å². The number of carbonyl (C=O) groups excluding carboxylic acids is 1. The van der Waals surface area contributed by atoms with Gasteiger partial charge in [-0.25, -0.2) is 0 Å². The van der Waals surface area contributed by atoms with E-state index in [0.29, 0.717) is 12.5 Å². The molecule has 18 heavy (non-hydrogen) atoms. The number of rotatable bonds is 6. The quantitative estimate of drug-likeness (QED) is 0.686. The van der Waals surface area contributed by atoms with E-state index in [1.165, 1.54) is 0 Å². The topological polar surface area (TPSA) is 61.6 Å². The molecule has 3 N–H and O–H groups in total. The summed E-state index contributed by atoms with van der Waals surface area (Å²) in [5.41, 5.74) is 4.83. The van der Waals surface area contributed by atoms with Gasteiger partial charge in [-0.3, -0.25) is 9.69 Å². The standard InChI is InChI=1S/C13H28N4O/c1-11(2)9-16-5-7-17(8-6-16)10-13(3,15-4)12(14)18/h11,15H,5-10H2,1-4H3,(H2,14,18). The lowest BCUT2D eigenvalue weighted by Crippen LogP contribution is -2.60. The molecule has 0 aromatic carbocycles. The lowest BCUT2D eigenvalue weighted by atomic mass is 10.0. The smallest absolute Gasteiger partial charge is 0.238 e. The highest BCUT2D eigenvalue weighted by molar-refractivity contribution is 5.84. The summed E-state index contributed by atoms with van der Waals surface area (Å²) in [5.74, 6) is 0.430. The van der Waals surface area contributed by atoms with Crippen LogP contribution in [0.1, 0.15) is 20.8 Å². The third-order valence-corrected chi connectivity index (χ3v) is 3.72. The molecular formula is C13H28N4O. The van der Waals surface area contributed by atoms with Crippen LogP contribution in [0.15, 0.2) is 0 Å². The second-order valence-electron chi connectivity index (χ2n) is 5.92. The van der Waals surface area contributed by atoms with Crippen LogP contribution in [0, 0.1) is 5.92 Å². The second-order valence-corrected chi connectivity index (χ2v) is 5.92. The maximum Gasteiger partial charge on any atom is 0.238 e. The van der Waals surface area contributed by atoms with Crippen molar-refractivity contribution < 1.29 is 4.79 Å². The molecule has 5 nitrogen and oxygen atoms in total. The number of likely N-dealkylation sites (N-methyl/N-ethyl adjacent to an activating group) is 1. The Morgan fingerprint density at radius 3 is 2.17 bits per heavy atom. The second kappa shape index (κ2) is 6.50. The predicted molar refractivity (Wildman–Crippen MR) is 74.4 cm³/mol. The largest absolute Gasteiger partial charge is 0.368 e. The molecule has 1 saturated heterocycles. The number of hydrogen-bond donors (Lipinski definition) is 2. The first kappa shape index (κ1) is 15.4. The lowest BCUT2D eigenvalue weighted by Gasteiger charge is -2.39. The molecule has 1 aliphatic rings. The molecule has 0 bridgehead atoms. The van der Waals surface area contributed by atoms with Crippen molar-refractivity contribution in [2.24, 2.45) is 11.7 Å². The van der Waals surface area contributed by atoms with Gasteiger partial charge in [-0.1, -0.05) is 13.8 Å². The average Bonchev–Trinajstić information content (AvgIpc) is 2.30. The highest BCUT2D eigenvalue weighted by Gasteiger charge is 2.32. The third-order valence-electron chi connectivity index (χ3n) is 3.72. The first-order chi connectivity index (χ1) is 8.37.